The van der Waals surface area contributed by atoms with E-state index in [1.807, 2.05) is 6.07 Å². The highest BCUT2D eigenvalue weighted by atomic mass is 16.4. The Morgan fingerprint density at radius 1 is 1.40 bits per heavy atom. The van der Waals surface area contributed by atoms with Crippen molar-refractivity contribution >= 4 is 17.0 Å². The largest absolute Gasteiger partial charge is 0.478 e. The second-order valence-corrected chi connectivity index (χ2v) is 5.65. The van der Waals surface area contributed by atoms with Gasteiger partial charge in [0.25, 0.3) is 0 Å². The first-order valence-electron chi connectivity index (χ1n) is 7.41. The second-order valence-electron chi connectivity index (χ2n) is 5.65. The summed E-state index contributed by atoms with van der Waals surface area (Å²) in [6.07, 6.45) is 6.15. The van der Waals surface area contributed by atoms with Crippen molar-refractivity contribution in [3.8, 4) is 0 Å². The Hall–Kier alpha value is -1.84. The monoisotopic (exact) mass is 272 g/mol. The summed E-state index contributed by atoms with van der Waals surface area (Å²) < 4.78 is 2.29. The second kappa shape index (κ2) is 5.27. The van der Waals surface area contributed by atoms with Crippen molar-refractivity contribution in [2.75, 3.05) is 0 Å². The van der Waals surface area contributed by atoms with Crippen LogP contribution in [0.25, 0.3) is 11.0 Å². The van der Waals surface area contributed by atoms with Gasteiger partial charge in [-0.05, 0) is 37.0 Å². The lowest BCUT2D eigenvalue weighted by atomic mass is 10.1. The maximum atomic E-state index is 11.0. The molecule has 0 bridgehead atoms. The fourth-order valence-electron chi connectivity index (χ4n) is 3.24. The first kappa shape index (κ1) is 13.2. The summed E-state index contributed by atoms with van der Waals surface area (Å²) in [6.45, 7) is 3.12. The van der Waals surface area contributed by atoms with Crippen LogP contribution >= 0.6 is 0 Å². The number of carboxylic acids is 1. The van der Waals surface area contributed by atoms with Gasteiger partial charge in [-0.3, -0.25) is 0 Å². The van der Waals surface area contributed by atoms with Crippen LogP contribution in [0.5, 0.6) is 0 Å². The fourth-order valence-corrected chi connectivity index (χ4v) is 3.24. The van der Waals surface area contributed by atoms with Gasteiger partial charge in [-0.2, -0.15) is 0 Å². The predicted octanol–water partition coefficient (Wildman–Crippen LogP) is 3.49. The average molecular weight is 272 g/mol. The molecule has 0 saturated heterocycles. The van der Waals surface area contributed by atoms with E-state index in [1.165, 1.54) is 25.7 Å². The molecule has 1 saturated carbocycles. The van der Waals surface area contributed by atoms with E-state index in [1.54, 1.807) is 12.1 Å². The molecule has 1 aromatic heterocycles. The van der Waals surface area contributed by atoms with Gasteiger partial charge in [0.05, 0.1) is 16.6 Å². The van der Waals surface area contributed by atoms with Gasteiger partial charge < -0.3 is 9.67 Å². The van der Waals surface area contributed by atoms with Crippen molar-refractivity contribution in [1.29, 1.82) is 0 Å². The topological polar surface area (TPSA) is 55.1 Å². The highest BCUT2D eigenvalue weighted by Gasteiger charge is 2.19. The minimum Gasteiger partial charge on any atom is -0.478 e. The summed E-state index contributed by atoms with van der Waals surface area (Å²) in [5.41, 5.74) is 2.18. The molecule has 0 radical (unpaired) electrons. The van der Waals surface area contributed by atoms with Gasteiger partial charge in [0, 0.05) is 13.0 Å². The average Bonchev–Trinajstić information content (AvgIpc) is 3.06. The van der Waals surface area contributed by atoms with Crippen LogP contribution in [0.4, 0.5) is 0 Å². The standard InChI is InChI=1S/C16H20N2O2/c1-2-15-17-13-9-12(16(19)20)7-8-14(13)18(15)10-11-5-3-4-6-11/h7-9,11H,2-6,10H2,1H3,(H,19,20). The third-order valence-electron chi connectivity index (χ3n) is 4.31. The van der Waals surface area contributed by atoms with E-state index in [0.29, 0.717) is 5.56 Å². The molecule has 0 spiro atoms. The van der Waals surface area contributed by atoms with E-state index in [4.69, 9.17) is 5.11 Å². The lowest BCUT2D eigenvalue weighted by Gasteiger charge is -2.13. The molecule has 1 heterocycles. The molecule has 4 heteroatoms. The molecule has 0 amide bonds. The zero-order valence-corrected chi connectivity index (χ0v) is 11.8. The van der Waals surface area contributed by atoms with Crippen LogP contribution in [0.3, 0.4) is 0 Å². The van der Waals surface area contributed by atoms with Crippen molar-refractivity contribution in [3.63, 3.8) is 0 Å². The molecule has 3 rings (SSSR count). The minimum absolute atomic E-state index is 0.311. The van der Waals surface area contributed by atoms with E-state index in [2.05, 4.69) is 16.5 Å². The van der Waals surface area contributed by atoms with E-state index in [-0.39, 0.29) is 0 Å². The number of rotatable bonds is 4. The number of carbonyl (C=O) groups is 1. The van der Waals surface area contributed by atoms with Gasteiger partial charge in [0.15, 0.2) is 0 Å². The van der Waals surface area contributed by atoms with Gasteiger partial charge in [0.2, 0.25) is 0 Å². The van der Waals surface area contributed by atoms with Crippen molar-refractivity contribution in [3.05, 3.63) is 29.6 Å². The highest BCUT2D eigenvalue weighted by molar-refractivity contribution is 5.92. The zero-order chi connectivity index (χ0) is 14.1. The van der Waals surface area contributed by atoms with Gasteiger partial charge in [-0.15, -0.1) is 0 Å². The summed E-state index contributed by atoms with van der Waals surface area (Å²) in [6, 6.07) is 5.26. The summed E-state index contributed by atoms with van der Waals surface area (Å²) in [5.74, 6) is 0.918. The molecule has 106 valence electrons. The maximum absolute atomic E-state index is 11.0. The van der Waals surface area contributed by atoms with Crippen LogP contribution in [0.1, 0.15) is 48.8 Å². The number of fused-ring (bicyclic) bond motifs is 1. The van der Waals surface area contributed by atoms with E-state index in [9.17, 15) is 4.79 Å². The quantitative estimate of drug-likeness (QED) is 0.927. The van der Waals surface area contributed by atoms with Crippen molar-refractivity contribution < 1.29 is 9.90 Å². The highest BCUT2D eigenvalue weighted by Crippen LogP contribution is 2.28. The Labute approximate surface area is 118 Å². The molecule has 4 nitrogen and oxygen atoms in total. The Morgan fingerprint density at radius 2 is 2.15 bits per heavy atom. The van der Waals surface area contributed by atoms with Gasteiger partial charge in [0.1, 0.15) is 5.82 Å². The Kier molecular flexibility index (Phi) is 3.47. The Bertz CT molecular complexity index is 639. The van der Waals surface area contributed by atoms with E-state index in [0.717, 1.165) is 35.7 Å². The van der Waals surface area contributed by atoms with Crippen molar-refractivity contribution in [2.45, 2.75) is 45.6 Å². The molecule has 0 atom stereocenters. The molecule has 0 aliphatic heterocycles. The normalized spacial score (nSPS) is 16.1. The smallest absolute Gasteiger partial charge is 0.335 e. The molecule has 1 N–H and O–H groups in total. The lowest BCUT2D eigenvalue weighted by molar-refractivity contribution is 0.0697. The number of benzene rings is 1. The summed E-state index contributed by atoms with van der Waals surface area (Å²) in [4.78, 5) is 15.7. The van der Waals surface area contributed by atoms with Crippen LogP contribution < -0.4 is 0 Å². The van der Waals surface area contributed by atoms with Crippen molar-refractivity contribution in [1.82, 2.24) is 9.55 Å². The molecule has 2 aromatic rings. The van der Waals surface area contributed by atoms with Crippen molar-refractivity contribution in [2.24, 2.45) is 5.92 Å². The third kappa shape index (κ3) is 2.30. The van der Waals surface area contributed by atoms with Crippen LogP contribution in [0.2, 0.25) is 0 Å². The Balaban J connectivity index is 2.02. The molecule has 1 aliphatic rings. The van der Waals surface area contributed by atoms with Crippen LogP contribution in [-0.2, 0) is 13.0 Å². The molecular formula is C16H20N2O2. The number of aryl methyl sites for hydroxylation is 1. The van der Waals surface area contributed by atoms with Crippen LogP contribution in [-0.4, -0.2) is 20.6 Å². The van der Waals surface area contributed by atoms with Gasteiger partial charge in [-0.25, -0.2) is 9.78 Å². The van der Waals surface area contributed by atoms with E-state index >= 15 is 0 Å². The Morgan fingerprint density at radius 3 is 2.80 bits per heavy atom. The number of hydrogen-bond acceptors (Lipinski definition) is 2. The first-order chi connectivity index (χ1) is 9.69. The molecular weight excluding hydrogens is 252 g/mol. The number of hydrogen-bond donors (Lipinski definition) is 1. The summed E-state index contributed by atoms with van der Waals surface area (Å²) in [5, 5.41) is 9.07. The molecule has 1 aliphatic carbocycles. The molecule has 1 fully saturated rings. The van der Waals surface area contributed by atoms with Crippen LogP contribution in [0.15, 0.2) is 18.2 Å². The van der Waals surface area contributed by atoms with E-state index < -0.39 is 5.97 Å². The zero-order valence-electron chi connectivity index (χ0n) is 11.8. The fraction of sp³-hybridized carbons (Fsp3) is 0.500. The number of carboxylic acid groups (broad SMARTS) is 1. The number of imidazole rings is 1. The molecule has 1 aromatic carbocycles. The SMILES string of the molecule is CCc1nc2cc(C(=O)O)ccc2n1CC1CCCC1. The number of aromatic carboxylic acids is 1. The number of aromatic nitrogens is 2. The van der Waals surface area contributed by atoms with Crippen LogP contribution in [0, 0.1) is 5.92 Å². The first-order valence-corrected chi connectivity index (χ1v) is 7.41. The van der Waals surface area contributed by atoms with Gasteiger partial charge in [-0.1, -0.05) is 19.8 Å². The number of nitrogens with zero attached hydrogens (tertiary/aromatic N) is 2. The minimum atomic E-state index is -0.893. The predicted molar refractivity (Wildman–Crippen MR) is 78.0 cm³/mol. The third-order valence-corrected chi connectivity index (χ3v) is 4.31. The molecule has 0 unspecified atom stereocenters. The lowest BCUT2D eigenvalue weighted by Crippen LogP contribution is -2.10. The summed E-state index contributed by atoms with van der Waals surface area (Å²) >= 11 is 0. The summed E-state index contributed by atoms with van der Waals surface area (Å²) in [7, 11) is 0. The molecule has 20 heavy (non-hydrogen) atoms. The maximum Gasteiger partial charge on any atom is 0.335 e. The van der Waals surface area contributed by atoms with Gasteiger partial charge >= 0.3 is 5.97 Å².